The molecule has 2 atom stereocenters. The first kappa shape index (κ1) is 12.5. The van der Waals surface area contributed by atoms with Gasteiger partial charge < -0.3 is 0 Å². The van der Waals surface area contributed by atoms with Crippen molar-refractivity contribution in [1.29, 1.82) is 0 Å². The maximum absolute atomic E-state index is 13.6. The molecule has 0 saturated carbocycles. The number of rotatable bonds is 2. The number of alkyl halides is 1. The van der Waals surface area contributed by atoms with Crippen LogP contribution in [-0.4, -0.2) is 12.9 Å². The van der Waals surface area contributed by atoms with E-state index in [0.717, 1.165) is 12.0 Å². The van der Waals surface area contributed by atoms with E-state index < -0.39 is 6.17 Å². The monoisotopic (exact) mass is 230 g/mol. The van der Waals surface area contributed by atoms with Crippen molar-refractivity contribution >= 4 is 12.9 Å². The van der Waals surface area contributed by atoms with Gasteiger partial charge in [0.15, 0.2) is 0 Å². The number of hydrogen-bond donors (Lipinski definition) is 0. The van der Waals surface area contributed by atoms with E-state index in [1.54, 1.807) is 6.92 Å². The van der Waals surface area contributed by atoms with Crippen LogP contribution < -0.4 is 0 Å². The van der Waals surface area contributed by atoms with Crippen molar-refractivity contribution in [3.05, 3.63) is 34.4 Å². The summed E-state index contributed by atoms with van der Waals surface area (Å²) in [6, 6.07) is 4.11. The van der Waals surface area contributed by atoms with Crippen LogP contribution in [0.5, 0.6) is 0 Å². The Labute approximate surface area is 104 Å². The van der Waals surface area contributed by atoms with Crippen LogP contribution in [0.1, 0.15) is 67.9 Å². The molecule has 17 heavy (non-hydrogen) atoms. The van der Waals surface area contributed by atoms with Crippen LogP contribution in [0.25, 0.3) is 0 Å². The van der Waals surface area contributed by atoms with E-state index in [9.17, 15) is 4.39 Å². The first-order valence-corrected chi connectivity index (χ1v) is 6.48. The molecule has 0 aromatic heterocycles. The van der Waals surface area contributed by atoms with Gasteiger partial charge in [-0.05, 0) is 0 Å². The summed E-state index contributed by atoms with van der Waals surface area (Å²) in [6.07, 6.45) is 0.115. The Balaban J connectivity index is 2.60. The predicted octanol–water partition coefficient (Wildman–Crippen LogP) is 3.96. The molecule has 0 fully saturated rings. The minimum atomic E-state index is -0.879. The van der Waals surface area contributed by atoms with Gasteiger partial charge in [-0.2, -0.15) is 0 Å². The van der Waals surface area contributed by atoms with Crippen LogP contribution >= 0.6 is 0 Å². The van der Waals surface area contributed by atoms with Gasteiger partial charge in [0, 0.05) is 0 Å². The zero-order chi connectivity index (χ0) is 12.6. The van der Waals surface area contributed by atoms with E-state index in [0.29, 0.717) is 11.7 Å². The standard InChI is InChI=1S/C15H20BF/c1-9(2)14-7-12(11(4)17)8-15-10(3)16-6-5-13(14)15/h6-11H,5H2,1-4H3. The Kier molecular flexibility index (Phi) is 3.51. The summed E-state index contributed by atoms with van der Waals surface area (Å²) in [6.45, 7) is 10.4. The van der Waals surface area contributed by atoms with E-state index in [2.05, 4.69) is 45.8 Å². The summed E-state index contributed by atoms with van der Waals surface area (Å²) in [5, 5.41) is 0. The van der Waals surface area contributed by atoms with Gasteiger partial charge in [0.05, 0.1) is 0 Å². The third kappa shape index (κ3) is 2.36. The molecule has 0 amide bonds. The van der Waals surface area contributed by atoms with E-state index in [1.807, 2.05) is 0 Å². The topological polar surface area (TPSA) is 0 Å². The second kappa shape index (κ2) is 4.76. The van der Waals surface area contributed by atoms with Gasteiger partial charge in [-0.1, -0.05) is 0 Å². The molecule has 90 valence electrons. The van der Waals surface area contributed by atoms with E-state index in [-0.39, 0.29) is 0 Å². The number of halogens is 1. The van der Waals surface area contributed by atoms with Crippen molar-refractivity contribution in [2.75, 3.05) is 0 Å². The molecular formula is C15H20BF. The molecule has 0 spiro atoms. The molecule has 2 rings (SSSR count). The fourth-order valence-corrected chi connectivity index (χ4v) is 2.62. The Morgan fingerprint density at radius 2 is 2.00 bits per heavy atom. The Bertz CT molecular complexity index is 446. The summed E-state index contributed by atoms with van der Waals surface area (Å²) in [5.74, 6) is 3.10. The summed E-state index contributed by atoms with van der Waals surface area (Å²) < 4.78 is 13.6. The molecule has 0 nitrogen and oxygen atoms in total. The second-order valence-corrected chi connectivity index (χ2v) is 5.37. The summed E-state index contributed by atoms with van der Waals surface area (Å²) >= 11 is 0. The zero-order valence-corrected chi connectivity index (χ0v) is 11.1. The Hall–Kier alpha value is -0.915. The van der Waals surface area contributed by atoms with E-state index in [4.69, 9.17) is 0 Å². The van der Waals surface area contributed by atoms with Crippen molar-refractivity contribution in [1.82, 2.24) is 0 Å². The van der Waals surface area contributed by atoms with Crippen LogP contribution in [0.2, 0.25) is 0 Å². The first-order chi connectivity index (χ1) is 8.00. The zero-order valence-electron chi connectivity index (χ0n) is 11.1. The molecule has 1 aliphatic heterocycles. The summed E-state index contributed by atoms with van der Waals surface area (Å²) in [7, 11) is 0. The second-order valence-electron chi connectivity index (χ2n) is 5.37. The van der Waals surface area contributed by atoms with E-state index in [1.165, 1.54) is 16.7 Å². The number of fused-ring (bicyclic) bond motifs is 1. The van der Waals surface area contributed by atoms with Gasteiger partial charge in [-0.15, -0.1) is 0 Å². The SMILES string of the molecule is CC(C)c1cc(C(C)F)cc2c1CC=BC2C. The third-order valence-corrected chi connectivity index (χ3v) is 3.66. The number of hydrogen-bond acceptors (Lipinski definition) is 0. The molecule has 0 aliphatic carbocycles. The average molecular weight is 230 g/mol. The maximum atomic E-state index is 13.6. The molecule has 1 aromatic carbocycles. The van der Waals surface area contributed by atoms with Crippen LogP contribution in [-0.2, 0) is 6.42 Å². The fraction of sp³-hybridized carbons (Fsp3) is 0.533. The van der Waals surface area contributed by atoms with Gasteiger partial charge >= 0.3 is 104 Å². The number of benzene rings is 1. The molecule has 1 aromatic rings. The third-order valence-electron chi connectivity index (χ3n) is 3.66. The van der Waals surface area contributed by atoms with Crippen LogP contribution in [0.4, 0.5) is 4.39 Å². The van der Waals surface area contributed by atoms with Gasteiger partial charge in [0.25, 0.3) is 0 Å². The van der Waals surface area contributed by atoms with Crippen LogP contribution in [0, 0.1) is 0 Å². The molecule has 0 radical (unpaired) electrons. The normalized spacial score (nSPS) is 20.0. The van der Waals surface area contributed by atoms with Crippen molar-refractivity contribution in [2.24, 2.45) is 0 Å². The Morgan fingerprint density at radius 3 is 2.59 bits per heavy atom. The van der Waals surface area contributed by atoms with Crippen molar-refractivity contribution < 1.29 is 4.39 Å². The molecule has 0 saturated heterocycles. The molecular weight excluding hydrogens is 210 g/mol. The van der Waals surface area contributed by atoms with Crippen molar-refractivity contribution in [3.63, 3.8) is 0 Å². The van der Waals surface area contributed by atoms with Crippen LogP contribution in [0.3, 0.4) is 0 Å². The summed E-state index contributed by atoms with van der Waals surface area (Å²) in [5.41, 5.74) is 4.88. The Morgan fingerprint density at radius 1 is 1.29 bits per heavy atom. The molecule has 0 N–H and O–H groups in total. The van der Waals surface area contributed by atoms with Gasteiger partial charge in [-0.3, -0.25) is 0 Å². The molecule has 2 unspecified atom stereocenters. The molecule has 1 heterocycles. The van der Waals surface area contributed by atoms with Gasteiger partial charge in [0.1, 0.15) is 0 Å². The molecule has 1 aliphatic rings. The average Bonchev–Trinajstić information content (AvgIpc) is 2.28. The quantitative estimate of drug-likeness (QED) is 0.674. The minimum absolute atomic E-state index is 0.412. The van der Waals surface area contributed by atoms with Crippen LogP contribution in [0.15, 0.2) is 12.1 Å². The first-order valence-electron chi connectivity index (χ1n) is 6.48. The molecule has 0 bridgehead atoms. The van der Waals surface area contributed by atoms with Gasteiger partial charge in [-0.25, -0.2) is 0 Å². The molecule has 2 heteroatoms. The van der Waals surface area contributed by atoms with Crippen molar-refractivity contribution in [3.8, 4) is 0 Å². The summed E-state index contributed by atoms with van der Waals surface area (Å²) in [4.78, 5) is 0. The fourth-order valence-electron chi connectivity index (χ4n) is 2.62. The van der Waals surface area contributed by atoms with Crippen molar-refractivity contribution in [2.45, 2.75) is 52.0 Å². The predicted molar refractivity (Wildman–Crippen MR) is 74.0 cm³/mol. The van der Waals surface area contributed by atoms with E-state index >= 15 is 0 Å². The van der Waals surface area contributed by atoms with Gasteiger partial charge in [0.2, 0.25) is 0 Å².